The molecule has 0 saturated heterocycles. The van der Waals surface area contributed by atoms with E-state index in [0.717, 1.165) is 11.4 Å². The first kappa shape index (κ1) is 17.3. The van der Waals surface area contributed by atoms with Crippen LogP contribution in [-0.2, 0) is 9.47 Å². The second-order valence-corrected chi connectivity index (χ2v) is 7.08. The van der Waals surface area contributed by atoms with Gasteiger partial charge in [-0.25, -0.2) is 9.59 Å². The van der Waals surface area contributed by atoms with Crippen molar-refractivity contribution in [1.82, 2.24) is 4.90 Å². The summed E-state index contributed by atoms with van der Waals surface area (Å²) in [5.74, 6) is 0.258. The molecule has 2 aliphatic rings. The Morgan fingerprint density at radius 1 is 1.28 bits per heavy atom. The van der Waals surface area contributed by atoms with Crippen LogP contribution in [0, 0.1) is 0 Å². The van der Waals surface area contributed by atoms with Gasteiger partial charge in [-0.15, -0.1) is 0 Å². The molecule has 3 rings (SSSR count). The van der Waals surface area contributed by atoms with Crippen LogP contribution in [0.2, 0.25) is 0 Å². The zero-order valence-electron chi connectivity index (χ0n) is 15.0. The number of hydrogen-bond acceptors (Lipinski definition) is 5. The van der Waals surface area contributed by atoms with E-state index in [0.29, 0.717) is 37.6 Å². The summed E-state index contributed by atoms with van der Waals surface area (Å²) in [7, 11) is 1.35. The van der Waals surface area contributed by atoms with Gasteiger partial charge in [-0.2, -0.15) is 4.58 Å². The Morgan fingerprint density at radius 2 is 2.04 bits per heavy atom. The van der Waals surface area contributed by atoms with E-state index in [1.807, 2.05) is 26.8 Å². The highest BCUT2D eigenvalue weighted by molar-refractivity contribution is 5.92. The van der Waals surface area contributed by atoms with Crippen LogP contribution in [0.4, 0.5) is 10.5 Å². The summed E-state index contributed by atoms with van der Waals surface area (Å²) in [6.45, 7) is 7.62. The van der Waals surface area contributed by atoms with Gasteiger partial charge < -0.3 is 14.2 Å². The van der Waals surface area contributed by atoms with Crippen molar-refractivity contribution in [3.63, 3.8) is 0 Å². The van der Waals surface area contributed by atoms with Gasteiger partial charge in [0.1, 0.15) is 12.1 Å². The third kappa shape index (κ3) is 3.60. The van der Waals surface area contributed by atoms with Crippen molar-refractivity contribution in [3.05, 3.63) is 23.8 Å². The average Bonchev–Trinajstić information content (AvgIpc) is 2.58. The maximum absolute atomic E-state index is 12.3. The van der Waals surface area contributed by atoms with Crippen LogP contribution in [0.15, 0.2) is 18.2 Å². The molecule has 1 aromatic rings. The average molecular weight is 347 g/mol. The molecule has 2 heterocycles. The second kappa shape index (κ2) is 6.38. The minimum absolute atomic E-state index is 0.313. The van der Waals surface area contributed by atoms with Crippen LogP contribution < -0.4 is 4.74 Å². The first-order valence-electron chi connectivity index (χ1n) is 8.24. The van der Waals surface area contributed by atoms with E-state index < -0.39 is 11.6 Å². The number of nitrogens with zero attached hydrogens (tertiary/aromatic N) is 2. The molecule has 1 aromatic carbocycles. The quantitative estimate of drug-likeness (QED) is 0.575. The molecule has 2 aliphatic heterocycles. The van der Waals surface area contributed by atoms with Crippen molar-refractivity contribution in [3.8, 4) is 5.75 Å². The van der Waals surface area contributed by atoms with Gasteiger partial charge in [0, 0.05) is 12.1 Å². The summed E-state index contributed by atoms with van der Waals surface area (Å²) < 4.78 is 18.1. The number of esters is 1. The highest BCUT2D eigenvalue weighted by atomic mass is 16.6. The molecular weight excluding hydrogens is 324 g/mol. The Balaban J connectivity index is 1.81. The molecule has 0 saturated carbocycles. The van der Waals surface area contributed by atoms with Crippen molar-refractivity contribution < 1.29 is 28.4 Å². The van der Waals surface area contributed by atoms with Crippen molar-refractivity contribution >= 4 is 23.5 Å². The second-order valence-electron chi connectivity index (χ2n) is 7.08. The summed E-state index contributed by atoms with van der Waals surface area (Å²) in [6, 6.07) is 5.26. The van der Waals surface area contributed by atoms with E-state index in [2.05, 4.69) is 4.58 Å². The van der Waals surface area contributed by atoms with Crippen LogP contribution in [0.3, 0.4) is 0 Å². The Labute approximate surface area is 146 Å². The number of benzene rings is 1. The zero-order valence-corrected chi connectivity index (χ0v) is 15.0. The monoisotopic (exact) mass is 347 g/mol. The molecule has 0 radical (unpaired) electrons. The summed E-state index contributed by atoms with van der Waals surface area (Å²) in [5, 5.41) is 0. The number of rotatable bonds is 1. The third-order valence-electron chi connectivity index (χ3n) is 4.07. The fourth-order valence-electron chi connectivity index (χ4n) is 2.92. The van der Waals surface area contributed by atoms with Gasteiger partial charge in [0.15, 0.2) is 18.9 Å². The van der Waals surface area contributed by atoms with Gasteiger partial charge in [0.25, 0.3) is 0 Å². The van der Waals surface area contributed by atoms with Gasteiger partial charge in [0.2, 0.25) is 11.4 Å². The molecule has 7 nitrogen and oxygen atoms in total. The number of fused-ring (bicyclic) bond motifs is 2. The number of carbonyl (C=O) groups is 2. The number of carbonyl (C=O) groups excluding carboxylic acids is 2. The van der Waals surface area contributed by atoms with E-state index in [1.165, 1.54) is 7.11 Å². The van der Waals surface area contributed by atoms with Crippen molar-refractivity contribution in [2.24, 2.45) is 0 Å². The molecule has 0 unspecified atom stereocenters. The predicted molar refractivity (Wildman–Crippen MR) is 90.9 cm³/mol. The first-order valence-corrected chi connectivity index (χ1v) is 8.24. The molecular formula is C18H23N2O5+. The number of amides is 1. The van der Waals surface area contributed by atoms with E-state index in [9.17, 15) is 9.59 Å². The summed E-state index contributed by atoms with van der Waals surface area (Å²) in [4.78, 5) is 25.6. The fraction of sp³-hybridized carbons (Fsp3) is 0.500. The van der Waals surface area contributed by atoms with Gasteiger partial charge in [0.05, 0.1) is 19.2 Å². The Bertz CT molecular complexity index is 748. The van der Waals surface area contributed by atoms with Gasteiger partial charge >= 0.3 is 12.1 Å². The van der Waals surface area contributed by atoms with Crippen molar-refractivity contribution in [2.75, 3.05) is 33.4 Å². The minimum Gasteiger partial charge on any atom is -0.476 e. The SMILES string of the molecule is COC(=O)c1ccc2c(c1)OCC1=[N+]2CCN(C(=O)OC(C)(C)C)C1. The van der Waals surface area contributed by atoms with E-state index in [1.54, 1.807) is 17.0 Å². The summed E-state index contributed by atoms with van der Waals surface area (Å²) >= 11 is 0. The van der Waals surface area contributed by atoms with Gasteiger partial charge in [-0.05, 0) is 26.8 Å². The highest BCUT2D eigenvalue weighted by Crippen LogP contribution is 2.32. The molecule has 0 atom stereocenters. The fourth-order valence-corrected chi connectivity index (χ4v) is 2.92. The largest absolute Gasteiger partial charge is 0.476 e. The van der Waals surface area contributed by atoms with E-state index >= 15 is 0 Å². The lowest BCUT2D eigenvalue weighted by Crippen LogP contribution is -2.50. The van der Waals surface area contributed by atoms with Crippen LogP contribution >= 0.6 is 0 Å². The molecule has 1 amide bonds. The topological polar surface area (TPSA) is 68.1 Å². The van der Waals surface area contributed by atoms with Gasteiger partial charge in [-0.3, -0.25) is 4.90 Å². The van der Waals surface area contributed by atoms with Crippen LogP contribution in [0.5, 0.6) is 5.75 Å². The maximum Gasteiger partial charge on any atom is 0.411 e. The molecule has 0 N–H and O–H groups in total. The molecule has 0 aliphatic carbocycles. The lowest BCUT2D eigenvalue weighted by molar-refractivity contribution is -0.453. The van der Waals surface area contributed by atoms with E-state index in [-0.39, 0.29) is 6.09 Å². The predicted octanol–water partition coefficient (Wildman–Crippen LogP) is 2.20. The first-order chi connectivity index (χ1) is 11.8. The Kier molecular flexibility index (Phi) is 4.41. The number of ether oxygens (including phenoxy) is 3. The molecule has 134 valence electrons. The van der Waals surface area contributed by atoms with Crippen LogP contribution in [0.25, 0.3) is 0 Å². The van der Waals surface area contributed by atoms with Crippen LogP contribution in [0.1, 0.15) is 31.1 Å². The minimum atomic E-state index is -0.515. The standard InChI is InChI=1S/C18H23N2O5/c1-18(2,3)25-17(22)19-7-8-20-13(10-19)11-24-15-9-12(16(21)23-4)5-6-14(15)20/h5-6,9H,7-8,10-11H2,1-4H3/q+1. The van der Waals surface area contributed by atoms with Gasteiger partial charge in [-0.1, -0.05) is 0 Å². The normalized spacial score (nSPS) is 16.6. The molecule has 0 bridgehead atoms. The third-order valence-corrected chi connectivity index (χ3v) is 4.07. The maximum atomic E-state index is 12.3. The molecule has 25 heavy (non-hydrogen) atoms. The lowest BCUT2D eigenvalue weighted by atomic mass is 10.1. The molecule has 0 spiro atoms. The number of methoxy groups -OCH3 is 1. The number of hydrogen-bond donors (Lipinski definition) is 0. The molecule has 0 aromatic heterocycles. The lowest BCUT2D eigenvalue weighted by Gasteiger charge is -2.31. The Hall–Kier alpha value is -2.57. The summed E-state index contributed by atoms with van der Waals surface area (Å²) in [5.41, 5.74) is 1.84. The smallest absolute Gasteiger partial charge is 0.411 e. The zero-order chi connectivity index (χ0) is 18.2. The highest BCUT2D eigenvalue weighted by Gasteiger charge is 2.36. The molecule has 0 fully saturated rings. The van der Waals surface area contributed by atoms with Crippen molar-refractivity contribution in [1.29, 1.82) is 0 Å². The molecule has 7 heteroatoms. The summed E-state index contributed by atoms with van der Waals surface area (Å²) in [6.07, 6.45) is -0.313. The van der Waals surface area contributed by atoms with E-state index in [4.69, 9.17) is 14.2 Å². The van der Waals surface area contributed by atoms with Crippen molar-refractivity contribution in [2.45, 2.75) is 26.4 Å². The Morgan fingerprint density at radius 3 is 2.72 bits per heavy atom. The van der Waals surface area contributed by atoms with Crippen LogP contribution in [-0.4, -0.2) is 66.2 Å².